The third kappa shape index (κ3) is 6.06. The van der Waals surface area contributed by atoms with Crippen LogP contribution in [0.1, 0.15) is 34.0 Å². The third-order valence-electron chi connectivity index (χ3n) is 5.89. The van der Waals surface area contributed by atoms with Gasteiger partial charge in [0, 0.05) is 31.4 Å². The fourth-order valence-corrected chi connectivity index (χ4v) is 4.02. The molecule has 2 aromatic heterocycles. The Hall–Kier alpha value is -3.69. The topological polar surface area (TPSA) is 96.8 Å². The highest BCUT2D eigenvalue weighted by Gasteiger charge is 2.24. The number of fused-ring (bicyclic) bond motifs is 1. The second kappa shape index (κ2) is 10.7. The highest BCUT2D eigenvalue weighted by Crippen LogP contribution is 2.16. The number of benzene rings is 2. The molecule has 2 atom stereocenters. The fourth-order valence-electron chi connectivity index (χ4n) is 4.02. The van der Waals surface area contributed by atoms with E-state index in [1.54, 1.807) is 22.7 Å². The van der Waals surface area contributed by atoms with Crippen LogP contribution in [0.5, 0.6) is 0 Å². The van der Waals surface area contributed by atoms with Crippen LogP contribution >= 0.6 is 0 Å². The van der Waals surface area contributed by atoms with Crippen molar-refractivity contribution in [1.82, 2.24) is 19.5 Å². The lowest BCUT2D eigenvalue weighted by atomic mass is 10.0. The molecule has 1 amide bonds. The van der Waals surface area contributed by atoms with Gasteiger partial charge in [-0.3, -0.25) is 9.20 Å². The zero-order valence-electron chi connectivity index (χ0n) is 19.3. The van der Waals surface area contributed by atoms with E-state index in [0.717, 1.165) is 23.6 Å². The number of rotatable bonds is 9. The molecule has 35 heavy (non-hydrogen) atoms. The second-order valence-electron chi connectivity index (χ2n) is 8.59. The second-order valence-corrected chi connectivity index (χ2v) is 8.59. The van der Waals surface area contributed by atoms with E-state index in [9.17, 15) is 18.7 Å². The van der Waals surface area contributed by atoms with Crippen LogP contribution < -0.4 is 5.73 Å². The normalized spacial score (nSPS) is 13.1. The number of aryl methyl sites for hydroxylation is 1. The molecule has 182 valence electrons. The number of amides is 1. The van der Waals surface area contributed by atoms with Crippen molar-refractivity contribution < 1.29 is 18.7 Å². The summed E-state index contributed by atoms with van der Waals surface area (Å²) in [6.45, 7) is 2.24. The van der Waals surface area contributed by atoms with Crippen LogP contribution in [0.3, 0.4) is 0 Å². The van der Waals surface area contributed by atoms with E-state index < -0.39 is 23.8 Å². The molecular weight excluding hydrogens is 452 g/mol. The molecule has 0 saturated heterocycles. The quantitative estimate of drug-likeness (QED) is 0.385. The molecule has 0 aliphatic heterocycles. The molecule has 9 heteroatoms. The average Bonchev–Trinajstić information content (AvgIpc) is 3.30. The predicted molar refractivity (Wildman–Crippen MR) is 128 cm³/mol. The van der Waals surface area contributed by atoms with E-state index in [2.05, 4.69) is 17.1 Å². The summed E-state index contributed by atoms with van der Waals surface area (Å²) in [5.74, 6) is -1.72. The van der Waals surface area contributed by atoms with Gasteiger partial charge in [-0.05, 0) is 53.8 Å². The maximum atomic E-state index is 13.6. The van der Waals surface area contributed by atoms with Crippen molar-refractivity contribution >= 4 is 11.6 Å². The molecule has 0 fully saturated rings. The number of hydrogen-bond donors (Lipinski definition) is 2. The summed E-state index contributed by atoms with van der Waals surface area (Å²) in [5, 5.41) is 18.7. The van der Waals surface area contributed by atoms with Crippen LogP contribution in [-0.2, 0) is 19.4 Å². The largest absolute Gasteiger partial charge is 0.390 e. The first-order valence-electron chi connectivity index (χ1n) is 11.4. The molecular formula is C26H27F2N5O2. The molecule has 2 heterocycles. The predicted octanol–water partition coefficient (Wildman–Crippen LogP) is 3.14. The van der Waals surface area contributed by atoms with Gasteiger partial charge in [-0.15, -0.1) is 10.2 Å². The van der Waals surface area contributed by atoms with Gasteiger partial charge < -0.3 is 15.7 Å². The Labute approximate surface area is 201 Å². The minimum atomic E-state index is -1.13. The zero-order chi connectivity index (χ0) is 24.9. The summed E-state index contributed by atoms with van der Waals surface area (Å²) in [4.78, 5) is 15.0. The number of nitrogens with zero attached hydrogens (tertiary/aromatic N) is 4. The molecule has 0 aliphatic rings. The first-order valence-corrected chi connectivity index (χ1v) is 11.4. The lowest BCUT2D eigenvalue weighted by molar-refractivity contribution is 0.0554. The molecule has 3 N–H and O–H groups in total. The molecule has 4 rings (SSSR count). The number of carbonyl (C=O) groups is 1. The van der Waals surface area contributed by atoms with Gasteiger partial charge in [0.15, 0.2) is 5.65 Å². The summed E-state index contributed by atoms with van der Waals surface area (Å²) in [6, 6.07) is 13.5. The van der Waals surface area contributed by atoms with Crippen molar-refractivity contribution in [2.45, 2.75) is 38.5 Å². The van der Waals surface area contributed by atoms with Gasteiger partial charge >= 0.3 is 0 Å². The Kier molecular flexibility index (Phi) is 7.48. The van der Waals surface area contributed by atoms with Gasteiger partial charge in [0.1, 0.15) is 18.0 Å². The van der Waals surface area contributed by atoms with Gasteiger partial charge in [0.2, 0.25) is 0 Å². The standard InChI is InChI=1S/C26H27F2N5O2/c1-2-17-4-3-5-18(8-17)13-32(26(35)20-6-7-25-31-30-16-33(25)14-20)15-24(34)23(29)11-19-9-21(27)12-22(28)10-19/h3-10,12,14,16,23-24,34H,2,11,13,15,29H2,1H3. The number of halogens is 2. The first kappa shape index (κ1) is 24.4. The Morgan fingerprint density at radius 2 is 1.83 bits per heavy atom. The maximum absolute atomic E-state index is 13.6. The van der Waals surface area contributed by atoms with E-state index in [1.165, 1.54) is 23.4 Å². The Balaban J connectivity index is 1.56. The number of aromatic nitrogens is 3. The average molecular weight is 480 g/mol. The Bertz CT molecular complexity index is 1310. The van der Waals surface area contributed by atoms with Gasteiger partial charge in [0.25, 0.3) is 5.91 Å². The molecule has 7 nitrogen and oxygen atoms in total. The molecule has 2 unspecified atom stereocenters. The summed E-state index contributed by atoms with van der Waals surface area (Å²) < 4.78 is 28.8. The number of carbonyl (C=O) groups excluding carboxylic acids is 1. The monoisotopic (exact) mass is 479 g/mol. The third-order valence-corrected chi connectivity index (χ3v) is 5.89. The molecule has 0 radical (unpaired) electrons. The van der Waals surface area contributed by atoms with Gasteiger partial charge in [-0.2, -0.15) is 0 Å². The van der Waals surface area contributed by atoms with Crippen LogP contribution in [0.4, 0.5) is 8.78 Å². The maximum Gasteiger partial charge on any atom is 0.255 e. The molecule has 2 aromatic carbocycles. The fraction of sp³-hybridized carbons (Fsp3) is 0.269. The summed E-state index contributed by atoms with van der Waals surface area (Å²) >= 11 is 0. The van der Waals surface area contributed by atoms with Crippen molar-refractivity contribution in [2.75, 3.05) is 6.54 Å². The number of nitrogens with two attached hydrogens (primary N) is 1. The lowest BCUT2D eigenvalue weighted by Gasteiger charge is -2.28. The Morgan fingerprint density at radius 3 is 2.57 bits per heavy atom. The van der Waals surface area contributed by atoms with Crippen molar-refractivity contribution in [3.05, 3.63) is 101 Å². The Morgan fingerprint density at radius 1 is 1.09 bits per heavy atom. The van der Waals surface area contributed by atoms with Gasteiger partial charge in [0.05, 0.1) is 11.7 Å². The first-order chi connectivity index (χ1) is 16.8. The molecule has 0 bridgehead atoms. The molecule has 4 aromatic rings. The summed E-state index contributed by atoms with van der Waals surface area (Å²) in [7, 11) is 0. The van der Waals surface area contributed by atoms with Crippen molar-refractivity contribution in [2.24, 2.45) is 5.73 Å². The van der Waals surface area contributed by atoms with Crippen LogP contribution in [0.15, 0.2) is 67.1 Å². The van der Waals surface area contributed by atoms with E-state index in [-0.39, 0.29) is 25.4 Å². The molecule has 0 aliphatic carbocycles. The number of aliphatic hydroxyl groups excluding tert-OH is 1. The van der Waals surface area contributed by atoms with Crippen molar-refractivity contribution in [1.29, 1.82) is 0 Å². The number of pyridine rings is 1. The minimum absolute atomic E-state index is 0.0515. The SMILES string of the molecule is CCc1cccc(CN(CC(O)C(N)Cc2cc(F)cc(F)c2)C(=O)c2ccc3nncn3c2)c1. The van der Waals surface area contributed by atoms with Crippen LogP contribution in [0, 0.1) is 11.6 Å². The summed E-state index contributed by atoms with van der Waals surface area (Å²) in [5.41, 5.74) is 9.56. The van der Waals surface area contributed by atoms with Crippen molar-refractivity contribution in [3.8, 4) is 0 Å². The van der Waals surface area contributed by atoms with Crippen molar-refractivity contribution in [3.63, 3.8) is 0 Å². The zero-order valence-corrected chi connectivity index (χ0v) is 19.3. The van der Waals surface area contributed by atoms with Crippen LogP contribution in [0.2, 0.25) is 0 Å². The van der Waals surface area contributed by atoms with E-state index >= 15 is 0 Å². The highest BCUT2D eigenvalue weighted by atomic mass is 19.1. The summed E-state index contributed by atoms with van der Waals surface area (Å²) in [6.07, 6.45) is 2.91. The van der Waals surface area contributed by atoms with Crippen LogP contribution in [-0.4, -0.2) is 49.2 Å². The van der Waals surface area contributed by atoms with Gasteiger partial charge in [-0.1, -0.05) is 31.2 Å². The van der Waals surface area contributed by atoms with E-state index in [0.29, 0.717) is 16.8 Å². The van der Waals surface area contributed by atoms with Gasteiger partial charge in [-0.25, -0.2) is 8.78 Å². The smallest absolute Gasteiger partial charge is 0.255 e. The minimum Gasteiger partial charge on any atom is -0.390 e. The number of hydrogen-bond acceptors (Lipinski definition) is 5. The van der Waals surface area contributed by atoms with E-state index in [1.807, 2.05) is 24.3 Å². The highest BCUT2D eigenvalue weighted by molar-refractivity contribution is 5.94. The van der Waals surface area contributed by atoms with E-state index in [4.69, 9.17) is 5.73 Å². The molecule has 0 saturated carbocycles. The van der Waals surface area contributed by atoms with Crippen LogP contribution in [0.25, 0.3) is 5.65 Å². The molecule has 0 spiro atoms. The lowest BCUT2D eigenvalue weighted by Crippen LogP contribution is -2.46. The number of aliphatic hydroxyl groups is 1.